The normalized spacial score (nSPS) is 21.0. The number of nitrogens with one attached hydrogen (secondary N) is 2. The van der Waals surface area contributed by atoms with Crippen LogP contribution in [0.2, 0.25) is 0 Å². The predicted octanol–water partition coefficient (Wildman–Crippen LogP) is 3.36. The summed E-state index contributed by atoms with van der Waals surface area (Å²) in [6.07, 6.45) is 3.92. The Morgan fingerprint density at radius 2 is 1.91 bits per heavy atom. The summed E-state index contributed by atoms with van der Waals surface area (Å²) in [7, 11) is 0. The maximum Gasteiger partial charge on any atom is 0.257 e. The van der Waals surface area contributed by atoms with E-state index in [1.165, 1.54) is 5.56 Å². The van der Waals surface area contributed by atoms with Crippen molar-refractivity contribution in [1.29, 1.82) is 0 Å². The fourth-order valence-corrected chi connectivity index (χ4v) is 5.99. The van der Waals surface area contributed by atoms with Crippen LogP contribution in [-0.2, 0) is 11.2 Å². The number of hydrogen-bond acceptors (Lipinski definition) is 4. The van der Waals surface area contributed by atoms with E-state index in [-0.39, 0.29) is 11.8 Å². The van der Waals surface area contributed by atoms with Gasteiger partial charge < -0.3 is 20.1 Å². The molecule has 2 atom stereocenters. The first-order chi connectivity index (χ1) is 16.2. The minimum Gasteiger partial charge on any atom is -0.360 e. The number of thioether (sulfide) groups is 1. The quantitative estimate of drug-likeness (QED) is 0.565. The van der Waals surface area contributed by atoms with Gasteiger partial charge in [-0.2, -0.15) is 0 Å². The molecule has 2 fully saturated rings. The molecular weight excluding hydrogens is 432 g/mol. The van der Waals surface area contributed by atoms with Crippen LogP contribution in [0.3, 0.4) is 0 Å². The smallest absolute Gasteiger partial charge is 0.257 e. The SMILES string of the molecule is O=C(NCC1CCN(CCc2ccccc2)C1)C1CSCN1C(=O)c1c[nH]c2ccccc12. The standard InChI is InChI=1S/C26H30N4O2S/c31-25(28-14-20-11-13-29(16-20)12-10-19-6-2-1-3-7-19)24-17-33-18-30(24)26(32)22-15-27-23-9-5-4-8-21(22)23/h1-9,15,20,24,27H,10-14,16-18H2,(H,28,31). The van der Waals surface area contributed by atoms with Gasteiger partial charge in [0.05, 0.1) is 11.4 Å². The number of para-hydroxylation sites is 1. The number of H-pyrrole nitrogens is 1. The number of carbonyl (C=O) groups excluding carboxylic acids is 2. The van der Waals surface area contributed by atoms with Crippen molar-refractivity contribution in [3.05, 3.63) is 71.9 Å². The minimum absolute atomic E-state index is 0.0315. The van der Waals surface area contributed by atoms with Gasteiger partial charge in [-0.3, -0.25) is 9.59 Å². The number of likely N-dealkylation sites (tertiary alicyclic amines) is 1. The molecule has 2 N–H and O–H groups in total. The molecule has 0 saturated carbocycles. The molecule has 2 saturated heterocycles. The van der Waals surface area contributed by atoms with E-state index in [0.29, 0.717) is 29.7 Å². The van der Waals surface area contributed by atoms with Crippen molar-refractivity contribution in [2.24, 2.45) is 5.92 Å². The Kier molecular flexibility index (Phi) is 6.69. The molecular formula is C26H30N4O2S. The van der Waals surface area contributed by atoms with Gasteiger partial charge in [0.15, 0.2) is 0 Å². The summed E-state index contributed by atoms with van der Waals surface area (Å²) >= 11 is 1.64. The number of carbonyl (C=O) groups is 2. The lowest BCUT2D eigenvalue weighted by Gasteiger charge is -2.23. The number of hydrogen-bond donors (Lipinski definition) is 2. The second-order valence-corrected chi connectivity index (χ2v) is 9.97. The zero-order valence-corrected chi connectivity index (χ0v) is 19.5. The molecule has 5 rings (SSSR count). The Bertz CT molecular complexity index is 1120. The molecule has 3 aromatic rings. The van der Waals surface area contributed by atoms with E-state index in [1.54, 1.807) is 22.9 Å². The molecule has 0 radical (unpaired) electrons. The molecule has 2 aromatic carbocycles. The number of fused-ring (bicyclic) bond motifs is 1. The van der Waals surface area contributed by atoms with E-state index in [0.717, 1.165) is 43.4 Å². The van der Waals surface area contributed by atoms with E-state index in [4.69, 9.17) is 0 Å². The number of aromatic amines is 1. The molecule has 2 unspecified atom stereocenters. The molecule has 33 heavy (non-hydrogen) atoms. The molecule has 2 aliphatic heterocycles. The Morgan fingerprint density at radius 1 is 1.09 bits per heavy atom. The molecule has 3 heterocycles. The number of amides is 2. The fraction of sp³-hybridized carbons (Fsp3) is 0.385. The van der Waals surface area contributed by atoms with Crippen molar-refractivity contribution >= 4 is 34.5 Å². The average Bonchev–Trinajstić information content (AvgIpc) is 3.61. The van der Waals surface area contributed by atoms with Crippen LogP contribution < -0.4 is 5.32 Å². The van der Waals surface area contributed by atoms with E-state index in [2.05, 4.69) is 45.5 Å². The Balaban J connectivity index is 1.13. The van der Waals surface area contributed by atoms with Crippen LogP contribution in [0.5, 0.6) is 0 Å². The number of aromatic nitrogens is 1. The van der Waals surface area contributed by atoms with Crippen LogP contribution in [0.1, 0.15) is 22.3 Å². The molecule has 1 aromatic heterocycles. The lowest BCUT2D eigenvalue weighted by Crippen LogP contribution is -2.48. The van der Waals surface area contributed by atoms with Gasteiger partial charge >= 0.3 is 0 Å². The minimum atomic E-state index is -0.410. The van der Waals surface area contributed by atoms with E-state index < -0.39 is 6.04 Å². The Labute approximate surface area is 198 Å². The second-order valence-electron chi connectivity index (χ2n) is 8.97. The number of rotatable bonds is 7. The van der Waals surface area contributed by atoms with Gasteiger partial charge in [-0.25, -0.2) is 0 Å². The Morgan fingerprint density at radius 3 is 2.79 bits per heavy atom. The van der Waals surface area contributed by atoms with Crippen LogP contribution in [0.4, 0.5) is 0 Å². The number of nitrogens with zero attached hydrogens (tertiary/aromatic N) is 2. The third-order valence-corrected chi connectivity index (χ3v) is 7.77. The molecule has 2 amide bonds. The first kappa shape index (κ1) is 22.0. The van der Waals surface area contributed by atoms with E-state index >= 15 is 0 Å². The van der Waals surface area contributed by atoms with Crippen LogP contribution in [0, 0.1) is 5.92 Å². The summed E-state index contributed by atoms with van der Waals surface area (Å²) in [6, 6.07) is 18.0. The summed E-state index contributed by atoms with van der Waals surface area (Å²) in [6.45, 7) is 3.83. The summed E-state index contributed by atoms with van der Waals surface area (Å²) in [5.74, 6) is 1.55. The van der Waals surface area contributed by atoms with Crippen molar-refractivity contribution in [2.75, 3.05) is 37.8 Å². The molecule has 2 aliphatic rings. The molecule has 6 nitrogen and oxygen atoms in total. The van der Waals surface area contributed by atoms with E-state index in [1.807, 2.05) is 24.3 Å². The van der Waals surface area contributed by atoms with Crippen LogP contribution in [0.15, 0.2) is 60.8 Å². The molecule has 7 heteroatoms. The van der Waals surface area contributed by atoms with Crippen LogP contribution in [0.25, 0.3) is 10.9 Å². The third kappa shape index (κ3) is 4.94. The summed E-state index contributed by atoms with van der Waals surface area (Å²) in [5, 5.41) is 4.05. The van der Waals surface area contributed by atoms with Gasteiger partial charge in [0, 0.05) is 42.5 Å². The van der Waals surface area contributed by atoms with Gasteiger partial charge in [0.2, 0.25) is 5.91 Å². The highest BCUT2D eigenvalue weighted by Crippen LogP contribution is 2.27. The van der Waals surface area contributed by atoms with Gasteiger partial charge in [-0.05, 0) is 36.9 Å². The maximum absolute atomic E-state index is 13.2. The highest BCUT2D eigenvalue weighted by Gasteiger charge is 2.36. The summed E-state index contributed by atoms with van der Waals surface area (Å²) in [5.41, 5.74) is 2.94. The van der Waals surface area contributed by atoms with Crippen LogP contribution in [-0.4, -0.2) is 70.4 Å². The summed E-state index contributed by atoms with van der Waals surface area (Å²) in [4.78, 5) is 33.6. The lowest BCUT2D eigenvalue weighted by atomic mass is 10.1. The second kappa shape index (κ2) is 10.0. The van der Waals surface area contributed by atoms with Gasteiger partial charge in [0.25, 0.3) is 5.91 Å². The van der Waals surface area contributed by atoms with Crippen molar-refractivity contribution in [3.63, 3.8) is 0 Å². The average molecular weight is 463 g/mol. The highest BCUT2D eigenvalue weighted by molar-refractivity contribution is 7.99. The van der Waals surface area contributed by atoms with Crippen molar-refractivity contribution in [2.45, 2.75) is 18.9 Å². The molecule has 0 aliphatic carbocycles. The third-order valence-electron chi connectivity index (χ3n) is 6.76. The maximum atomic E-state index is 13.2. The molecule has 0 spiro atoms. The first-order valence-corrected chi connectivity index (χ1v) is 12.8. The largest absolute Gasteiger partial charge is 0.360 e. The monoisotopic (exact) mass is 462 g/mol. The zero-order valence-electron chi connectivity index (χ0n) is 18.7. The Hall–Kier alpha value is -2.77. The molecule has 172 valence electrons. The van der Waals surface area contributed by atoms with Crippen molar-refractivity contribution < 1.29 is 9.59 Å². The topological polar surface area (TPSA) is 68.4 Å². The van der Waals surface area contributed by atoms with Gasteiger partial charge in [0.1, 0.15) is 6.04 Å². The van der Waals surface area contributed by atoms with E-state index in [9.17, 15) is 9.59 Å². The van der Waals surface area contributed by atoms with Gasteiger partial charge in [-0.15, -0.1) is 11.8 Å². The lowest BCUT2D eigenvalue weighted by molar-refractivity contribution is -0.124. The summed E-state index contributed by atoms with van der Waals surface area (Å²) < 4.78 is 0. The van der Waals surface area contributed by atoms with Crippen molar-refractivity contribution in [1.82, 2.24) is 20.1 Å². The van der Waals surface area contributed by atoms with Crippen LogP contribution >= 0.6 is 11.8 Å². The number of benzene rings is 2. The molecule has 0 bridgehead atoms. The van der Waals surface area contributed by atoms with Crippen molar-refractivity contribution in [3.8, 4) is 0 Å². The first-order valence-electron chi connectivity index (χ1n) is 11.7. The fourth-order valence-electron chi connectivity index (χ4n) is 4.84. The zero-order chi connectivity index (χ0) is 22.6. The highest BCUT2D eigenvalue weighted by atomic mass is 32.2. The van der Waals surface area contributed by atoms with Gasteiger partial charge in [-0.1, -0.05) is 48.5 Å². The predicted molar refractivity (Wildman–Crippen MR) is 133 cm³/mol.